The molecule has 2 aromatic heterocycles. The third kappa shape index (κ3) is 5.99. The van der Waals surface area contributed by atoms with Crippen LogP contribution in [0.4, 0.5) is 0 Å². The van der Waals surface area contributed by atoms with E-state index < -0.39 is 0 Å². The Morgan fingerprint density at radius 2 is 2.04 bits per heavy atom. The van der Waals surface area contributed by atoms with Crippen LogP contribution in [0.3, 0.4) is 0 Å². The van der Waals surface area contributed by atoms with E-state index in [2.05, 4.69) is 52.9 Å². The predicted molar refractivity (Wildman–Crippen MR) is 108 cm³/mol. The number of thiazole rings is 1. The van der Waals surface area contributed by atoms with Crippen LogP contribution >= 0.6 is 34.4 Å². The zero-order chi connectivity index (χ0) is 17.5. The molecule has 0 bridgehead atoms. The van der Waals surface area contributed by atoms with Gasteiger partial charge < -0.3 is 5.32 Å². The van der Waals surface area contributed by atoms with Crippen molar-refractivity contribution in [2.24, 2.45) is 0 Å². The van der Waals surface area contributed by atoms with E-state index in [0.717, 1.165) is 22.2 Å². The second kappa shape index (κ2) is 9.17. The molecule has 1 amide bonds. The summed E-state index contributed by atoms with van der Waals surface area (Å²) in [5, 5.41) is 7.01. The van der Waals surface area contributed by atoms with Crippen LogP contribution in [0.1, 0.15) is 21.7 Å². The minimum absolute atomic E-state index is 0.0388. The molecular formula is C19H20N2OS3. The van der Waals surface area contributed by atoms with Gasteiger partial charge in [0.15, 0.2) is 0 Å². The summed E-state index contributed by atoms with van der Waals surface area (Å²) < 4.78 is 1.02. The van der Waals surface area contributed by atoms with Crippen LogP contribution in [0.25, 0.3) is 0 Å². The minimum Gasteiger partial charge on any atom is -0.355 e. The van der Waals surface area contributed by atoms with Crippen LogP contribution in [-0.4, -0.2) is 17.4 Å². The van der Waals surface area contributed by atoms with Gasteiger partial charge in [-0.3, -0.25) is 4.79 Å². The molecule has 0 aliphatic rings. The molecule has 0 aliphatic heterocycles. The fraction of sp³-hybridized carbons (Fsp3) is 0.263. The Hall–Kier alpha value is -1.63. The topological polar surface area (TPSA) is 42.0 Å². The Bertz CT molecular complexity index is 794. The quantitative estimate of drug-likeness (QED) is 0.568. The minimum atomic E-state index is 0.0388. The zero-order valence-corrected chi connectivity index (χ0v) is 16.5. The van der Waals surface area contributed by atoms with Gasteiger partial charge in [0.1, 0.15) is 4.34 Å². The standard InChI is InChI=1S/C19H20N2OS3/c1-14-4-6-15(7-5-14)12-24-19-21-16(13-25-19)11-18(22)20-9-8-17-3-2-10-23-17/h2-7,10,13H,8-9,11-12H2,1H3,(H,20,22). The molecule has 6 heteroatoms. The van der Waals surface area contributed by atoms with E-state index >= 15 is 0 Å². The highest BCUT2D eigenvalue weighted by molar-refractivity contribution is 8.00. The van der Waals surface area contributed by atoms with Crippen LogP contribution in [0, 0.1) is 6.92 Å². The number of hydrogen-bond acceptors (Lipinski definition) is 5. The largest absolute Gasteiger partial charge is 0.355 e. The molecule has 130 valence electrons. The van der Waals surface area contributed by atoms with E-state index in [1.807, 2.05) is 11.4 Å². The molecule has 0 unspecified atom stereocenters. The summed E-state index contributed by atoms with van der Waals surface area (Å²) in [6, 6.07) is 12.7. The zero-order valence-electron chi connectivity index (χ0n) is 14.0. The summed E-state index contributed by atoms with van der Waals surface area (Å²) in [6.45, 7) is 2.77. The monoisotopic (exact) mass is 388 g/mol. The molecule has 0 radical (unpaired) electrons. The smallest absolute Gasteiger partial charge is 0.226 e. The molecule has 1 aromatic carbocycles. The average Bonchev–Trinajstić information content (AvgIpc) is 3.26. The Balaban J connectivity index is 1.41. The van der Waals surface area contributed by atoms with E-state index in [1.165, 1.54) is 16.0 Å². The lowest BCUT2D eigenvalue weighted by Crippen LogP contribution is -2.27. The summed E-state index contributed by atoms with van der Waals surface area (Å²) in [6.07, 6.45) is 1.24. The molecule has 3 nitrogen and oxygen atoms in total. The molecule has 1 N–H and O–H groups in total. The molecule has 0 saturated heterocycles. The molecule has 3 aromatic rings. The molecule has 0 spiro atoms. The van der Waals surface area contributed by atoms with Gasteiger partial charge in [-0.15, -0.1) is 22.7 Å². The third-order valence-corrected chi connectivity index (χ3v) is 6.71. The lowest BCUT2D eigenvalue weighted by molar-refractivity contribution is -0.120. The second-order valence-electron chi connectivity index (χ2n) is 5.74. The van der Waals surface area contributed by atoms with Crippen LogP contribution in [0.2, 0.25) is 0 Å². The van der Waals surface area contributed by atoms with Crippen LogP contribution in [-0.2, 0) is 23.4 Å². The first-order valence-electron chi connectivity index (χ1n) is 8.11. The van der Waals surface area contributed by atoms with Gasteiger partial charge in [-0.05, 0) is 30.4 Å². The lowest BCUT2D eigenvalue weighted by atomic mass is 10.2. The molecule has 2 heterocycles. The maximum atomic E-state index is 12.0. The van der Waals surface area contributed by atoms with Crippen LogP contribution in [0.5, 0.6) is 0 Å². The van der Waals surface area contributed by atoms with Crippen molar-refractivity contribution in [3.63, 3.8) is 0 Å². The Morgan fingerprint density at radius 1 is 1.20 bits per heavy atom. The van der Waals surface area contributed by atoms with Crippen molar-refractivity contribution in [2.45, 2.75) is 29.9 Å². The Kier molecular flexibility index (Phi) is 6.67. The molecule has 25 heavy (non-hydrogen) atoms. The first-order valence-corrected chi connectivity index (χ1v) is 10.9. The highest BCUT2D eigenvalue weighted by atomic mass is 32.2. The number of nitrogens with one attached hydrogen (secondary N) is 1. The number of carbonyl (C=O) groups excluding carboxylic acids is 1. The van der Waals surface area contributed by atoms with E-state index in [1.54, 1.807) is 34.4 Å². The Morgan fingerprint density at radius 3 is 2.80 bits per heavy atom. The lowest BCUT2D eigenvalue weighted by Gasteiger charge is -2.02. The van der Waals surface area contributed by atoms with E-state index in [9.17, 15) is 4.79 Å². The average molecular weight is 389 g/mol. The van der Waals surface area contributed by atoms with Gasteiger partial charge in [-0.2, -0.15) is 0 Å². The van der Waals surface area contributed by atoms with Gasteiger partial charge in [0, 0.05) is 22.6 Å². The van der Waals surface area contributed by atoms with Gasteiger partial charge >= 0.3 is 0 Å². The summed E-state index contributed by atoms with van der Waals surface area (Å²) in [5.41, 5.74) is 3.42. The number of nitrogens with zero attached hydrogens (tertiary/aromatic N) is 1. The summed E-state index contributed by atoms with van der Waals surface area (Å²) in [4.78, 5) is 17.9. The number of aryl methyl sites for hydroxylation is 1. The van der Waals surface area contributed by atoms with Gasteiger partial charge in [-0.25, -0.2) is 4.98 Å². The Labute approximate surface area is 160 Å². The number of benzene rings is 1. The first-order chi connectivity index (χ1) is 12.2. The molecule has 0 aliphatic carbocycles. The van der Waals surface area contributed by atoms with E-state index in [4.69, 9.17) is 0 Å². The number of aromatic nitrogens is 1. The summed E-state index contributed by atoms with van der Waals surface area (Å²) in [7, 11) is 0. The summed E-state index contributed by atoms with van der Waals surface area (Å²) >= 11 is 5.05. The maximum absolute atomic E-state index is 12.0. The van der Waals surface area contributed by atoms with Crippen molar-refractivity contribution < 1.29 is 4.79 Å². The highest BCUT2D eigenvalue weighted by Crippen LogP contribution is 2.26. The van der Waals surface area contributed by atoms with Gasteiger partial charge in [-0.1, -0.05) is 47.7 Å². The molecule has 0 atom stereocenters. The molecule has 3 rings (SSSR count). The van der Waals surface area contributed by atoms with Crippen molar-refractivity contribution in [3.05, 3.63) is 68.9 Å². The van der Waals surface area contributed by atoms with E-state index in [0.29, 0.717) is 13.0 Å². The van der Waals surface area contributed by atoms with E-state index in [-0.39, 0.29) is 5.91 Å². The number of thioether (sulfide) groups is 1. The van der Waals surface area contributed by atoms with Crippen molar-refractivity contribution in [3.8, 4) is 0 Å². The number of thiophene rings is 1. The van der Waals surface area contributed by atoms with Crippen LogP contribution < -0.4 is 5.32 Å². The number of rotatable bonds is 8. The fourth-order valence-electron chi connectivity index (χ4n) is 2.27. The fourth-order valence-corrected chi connectivity index (χ4v) is 4.78. The highest BCUT2D eigenvalue weighted by Gasteiger charge is 2.08. The number of carbonyl (C=O) groups is 1. The van der Waals surface area contributed by atoms with Gasteiger partial charge in [0.25, 0.3) is 0 Å². The second-order valence-corrected chi connectivity index (χ2v) is 8.85. The number of hydrogen-bond donors (Lipinski definition) is 1. The van der Waals surface area contributed by atoms with Crippen molar-refractivity contribution in [1.29, 1.82) is 0 Å². The van der Waals surface area contributed by atoms with Crippen molar-refractivity contribution in [2.75, 3.05) is 6.54 Å². The normalized spacial score (nSPS) is 10.8. The number of amides is 1. The third-order valence-electron chi connectivity index (χ3n) is 3.63. The van der Waals surface area contributed by atoms with Gasteiger partial charge in [0.05, 0.1) is 12.1 Å². The maximum Gasteiger partial charge on any atom is 0.226 e. The van der Waals surface area contributed by atoms with Crippen molar-refractivity contribution >= 4 is 40.3 Å². The first kappa shape index (κ1) is 18.2. The predicted octanol–water partition coefficient (Wildman–Crippen LogP) is 4.71. The van der Waals surface area contributed by atoms with Gasteiger partial charge in [0.2, 0.25) is 5.91 Å². The van der Waals surface area contributed by atoms with Crippen LogP contribution in [0.15, 0.2) is 51.5 Å². The molecule has 0 fully saturated rings. The SMILES string of the molecule is Cc1ccc(CSc2nc(CC(=O)NCCc3cccs3)cs2)cc1. The molecular weight excluding hydrogens is 368 g/mol. The summed E-state index contributed by atoms with van der Waals surface area (Å²) in [5.74, 6) is 0.942. The van der Waals surface area contributed by atoms with Crippen molar-refractivity contribution in [1.82, 2.24) is 10.3 Å². The molecule has 0 saturated carbocycles.